The van der Waals surface area contributed by atoms with E-state index in [1.54, 1.807) is 0 Å². The lowest BCUT2D eigenvalue weighted by Gasteiger charge is -2.66. The van der Waals surface area contributed by atoms with E-state index in [9.17, 15) is 14.4 Å². The molecule has 0 aromatic heterocycles. The maximum absolute atomic E-state index is 13.6. The van der Waals surface area contributed by atoms with Gasteiger partial charge in [-0.25, -0.2) is 4.79 Å². The molecule has 3 aliphatic carbocycles. The first-order chi connectivity index (χ1) is 16.5. The van der Waals surface area contributed by atoms with Crippen molar-refractivity contribution in [2.75, 3.05) is 0 Å². The van der Waals surface area contributed by atoms with Gasteiger partial charge >= 0.3 is 17.9 Å². The molecule has 6 nitrogen and oxygen atoms in total. The smallest absolute Gasteiger partial charge is 0.338 e. The molecule has 6 heteroatoms. The molecule has 4 aliphatic rings. The van der Waals surface area contributed by atoms with Crippen LogP contribution in [0.1, 0.15) is 77.7 Å². The Balaban J connectivity index is 1.42. The topological polar surface area (TPSA) is 78.9 Å². The van der Waals surface area contributed by atoms with Gasteiger partial charge < -0.3 is 14.2 Å². The van der Waals surface area contributed by atoms with Crippen LogP contribution in [0.25, 0.3) is 0 Å². The van der Waals surface area contributed by atoms with Gasteiger partial charge in [0.15, 0.2) is 0 Å². The van der Waals surface area contributed by atoms with Crippen molar-refractivity contribution in [2.24, 2.45) is 22.7 Å². The first-order valence-corrected chi connectivity index (χ1v) is 12.9. The molecule has 0 amide bonds. The lowest BCUT2D eigenvalue weighted by atomic mass is 9.41. The van der Waals surface area contributed by atoms with E-state index in [1.807, 2.05) is 30.3 Å². The van der Waals surface area contributed by atoms with Crippen LogP contribution in [0.3, 0.4) is 0 Å². The Bertz CT molecular complexity index is 1060. The molecule has 1 aromatic rings. The van der Waals surface area contributed by atoms with E-state index in [1.165, 1.54) is 6.92 Å². The Kier molecular flexibility index (Phi) is 5.65. The van der Waals surface area contributed by atoms with Crippen LogP contribution in [0.15, 0.2) is 42.5 Å². The van der Waals surface area contributed by atoms with E-state index in [0.29, 0.717) is 19.3 Å². The highest BCUT2D eigenvalue weighted by molar-refractivity contribution is 5.92. The Morgan fingerprint density at radius 3 is 2.49 bits per heavy atom. The number of ether oxygens (including phenoxy) is 3. The minimum Gasteiger partial charge on any atom is -0.460 e. The number of hydrogen-bond donors (Lipinski definition) is 0. The fourth-order valence-electron chi connectivity index (χ4n) is 8.30. The lowest BCUT2D eigenvalue weighted by Crippen LogP contribution is -2.68. The summed E-state index contributed by atoms with van der Waals surface area (Å²) in [5, 5.41) is 0. The van der Waals surface area contributed by atoms with E-state index < -0.39 is 28.6 Å². The Labute approximate surface area is 207 Å². The standard InChI is InChI=1S/C29H36O6/c1-19-24(31)35-29-16-11-22-26(3,23(29)12-15-28(19,18-29)34-20(2)30)13-8-14-27(22,4)25(32)33-17-21-9-6-5-7-10-21/h5-7,9-10,22-23H,1,8,11-18H2,2-4H3. The van der Waals surface area contributed by atoms with Crippen LogP contribution in [0.4, 0.5) is 0 Å². The van der Waals surface area contributed by atoms with Crippen molar-refractivity contribution in [2.45, 2.75) is 89.9 Å². The van der Waals surface area contributed by atoms with Crippen molar-refractivity contribution in [3.8, 4) is 0 Å². The van der Waals surface area contributed by atoms with Gasteiger partial charge in [-0.3, -0.25) is 9.59 Å². The second kappa shape index (κ2) is 8.21. The van der Waals surface area contributed by atoms with Gasteiger partial charge in [0.05, 0.1) is 11.0 Å². The first-order valence-electron chi connectivity index (χ1n) is 12.9. The van der Waals surface area contributed by atoms with Gasteiger partial charge in [0, 0.05) is 19.3 Å². The normalized spacial score (nSPS) is 40.1. The van der Waals surface area contributed by atoms with Gasteiger partial charge in [0.2, 0.25) is 0 Å². The largest absolute Gasteiger partial charge is 0.460 e. The highest BCUT2D eigenvalue weighted by atomic mass is 16.6. The first kappa shape index (κ1) is 24.1. The van der Waals surface area contributed by atoms with Crippen molar-refractivity contribution in [3.05, 3.63) is 48.0 Å². The third kappa shape index (κ3) is 3.63. The zero-order valence-corrected chi connectivity index (χ0v) is 21.1. The number of rotatable bonds is 4. The summed E-state index contributed by atoms with van der Waals surface area (Å²) in [4.78, 5) is 38.5. The average Bonchev–Trinajstić information content (AvgIpc) is 2.81. The fourth-order valence-corrected chi connectivity index (χ4v) is 8.30. The minimum absolute atomic E-state index is 0.0935. The van der Waals surface area contributed by atoms with Gasteiger partial charge in [-0.1, -0.05) is 50.3 Å². The maximum Gasteiger partial charge on any atom is 0.338 e. The van der Waals surface area contributed by atoms with Crippen molar-refractivity contribution >= 4 is 17.9 Å². The van der Waals surface area contributed by atoms with Crippen LogP contribution in [0, 0.1) is 22.7 Å². The monoisotopic (exact) mass is 480 g/mol. The van der Waals surface area contributed by atoms with Crippen LogP contribution in [-0.4, -0.2) is 29.1 Å². The Morgan fingerprint density at radius 2 is 1.77 bits per heavy atom. The molecule has 1 heterocycles. The van der Waals surface area contributed by atoms with E-state index >= 15 is 0 Å². The molecule has 6 unspecified atom stereocenters. The van der Waals surface area contributed by atoms with Gasteiger partial charge in [-0.15, -0.1) is 0 Å². The quantitative estimate of drug-likeness (QED) is 0.331. The van der Waals surface area contributed by atoms with Gasteiger partial charge in [0.1, 0.15) is 17.8 Å². The molecule has 3 saturated carbocycles. The van der Waals surface area contributed by atoms with E-state index in [-0.39, 0.29) is 35.4 Å². The molecule has 1 saturated heterocycles. The summed E-state index contributed by atoms with van der Waals surface area (Å²) in [6.45, 7) is 9.96. The van der Waals surface area contributed by atoms with Crippen LogP contribution in [-0.2, 0) is 35.2 Å². The molecule has 5 rings (SSSR count). The Hall–Kier alpha value is -2.63. The summed E-state index contributed by atoms with van der Waals surface area (Å²) in [6.07, 6.45) is 5.91. The number of carbonyl (C=O) groups is 3. The van der Waals surface area contributed by atoms with E-state index in [2.05, 4.69) is 20.4 Å². The maximum atomic E-state index is 13.6. The van der Waals surface area contributed by atoms with E-state index in [4.69, 9.17) is 14.2 Å². The van der Waals surface area contributed by atoms with E-state index in [0.717, 1.165) is 37.7 Å². The third-order valence-electron chi connectivity index (χ3n) is 9.80. The number of hydrogen-bond acceptors (Lipinski definition) is 6. The molecule has 1 aliphatic heterocycles. The summed E-state index contributed by atoms with van der Waals surface area (Å²) in [5.41, 5.74) is -1.21. The molecule has 6 atom stereocenters. The van der Waals surface area contributed by atoms with Crippen LogP contribution in [0.5, 0.6) is 0 Å². The zero-order chi connectivity index (χ0) is 25.1. The fraction of sp³-hybridized carbons (Fsp3) is 0.621. The van der Waals surface area contributed by atoms with Crippen LogP contribution >= 0.6 is 0 Å². The molecular formula is C29H36O6. The SMILES string of the molecule is C=C1C(=O)OC23CCC4C(C)(C(=O)OCc5ccccc5)CCCC4(C)C2CCC1(OC(C)=O)C3. The molecule has 35 heavy (non-hydrogen) atoms. The predicted molar refractivity (Wildman–Crippen MR) is 129 cm³/mol. The molecule has 0 N–H and O–H groups in total. The van der Waals surface area contributed by atoms with Crippen molar-refractivity contribution in [1.29, 1.82) is 0 Å². The second-order valence-corrected chi connectivity index (χ2v) is 11.7. The predicted octanol–water partition coefficient (Wildman–Crippen LogP) is 5.29. The summed E-state index contributed by atoms with van der Waals surface area (Å²) in [5.74, 6) is -0.762. The summed E-state index contributed by atoms with van der Waals surface area (Å²) in [7, 11) is 0. The van der Waals surface area contributed by atoms with Crippen molar-refractivity contribution < 1.29 is 28.6 Å². The van der Waals surface area contributed by atoms with Crippen molar-refractivity contribution in [1.82, 2.24) is 0 Å². The molecule has 188 valence electrons. The van der Waals surface area contributed by atoms with Crippen LogP contribution in [0.2, 0.25) is 0 Å². The average molecular weight is 481 g/mol. The number of fused-ring (bicyclic) bond motifs is 3. The third-order valence-corrected chi connectivity index (χ3v) is 9.80. The highest BCUT2D eigenvalue weighted by Gasteiger charge is 2.70. The summed E-state index contributed by atoms with van der Waals surface area (Å²) in [6, 6.07) is 9.77. The zero-order valence-electron chi connectivity index (χ0n) is 21.1. The number of carbonyl (C=O) groups excluding carboxylic acids is 3. The molecule has 0 radical (unpaired) electrons. The number of esters is 3. The Morgan fingerprint density at radius 1 is 1.06 bits per heavy atom. The molecule has 1 spiro atoms. The molecule has 1 aromatic carbocycles. The van der Waals surface area contributed by atoms with Gasteiger partial charge in [-0.2, -0.15) is 0 Å². The summed E-state index contributed by atoms with van der Waals surface area (Å²) >= 11 is 0. The second-order valence-electron chi connectivity index (χ2n) is 11.7. The van der Waals surface area contributed by atoms with Gasteiger partial charge in [0.25, 0.3) is 0 Å². The minimum atomic E-state index is -0.979. The molecule has 2 bridgehead atoms. The molecule has 4 fully saturated rings. The summed E-state index contributed by atoms with van der Waals surface area (Å²) < 4.78 is 17.8. The molecular weight excluding hydrogens is 444 g/mol. The van der Waals surface area contributed by atoms with Crippen molar-refractivity contribution in [3.63, 3.8) is 0 Å². The van der Waals surface area contributed by atoms with Gasteiger partial charge in [-0.05, 0) is 62.3 Å². The van der Waals surface area contributed by atoms with Crippen LogP contribution < -0.4 is 0 Å². The lowest BCUT2D eigenvalue weighted by molar-refractivity contribution is -0.251. The number of benzene rings is 1. The highest BCUT2D eigenvalue weighted by Crippen LogP contribution is 2.68.